The molecule has 3 aromatic rings. The molecule has 156 valence electrons. The van der Waals surface area contributed by atoms with E-state index in [4.69, 9.17) is 16.6 Å². The molecule has 0 aliphatic carbocycles. The van der Waals surface area contributed by atoms with Gasteiger partial charge in [-0.05, 0) is 49.3 Å². The van der Waals surface area contributed by atoms with Crippen LogP contribution in [-0.2, 0) is 17.9 Å². The number of hydrogen-bond acceptors (Lipinski definition) is 3. The molecule has 0 bridgehead atoms. The summed E-state index contributed by atoms with van der Waals surface area (Å²) in [6, 6.07) is 21.9. The van der Waals surface area contributed by atoms with Crippen molar-refractivity contribution in [3.8, 4) is 0 Å². The number of furan rings is 1. The molecule has 0 saturated heterocycles. The molecule has 1 heterocycles. The van der Waals surface area contributed by atoms with Gasteiger partial charge in [0.05, 0.1) is 25.4 Å². The third kappa shape index (κ3) is 6.46. The van der Waals surface area contributed by atoms with E-state index in [1.165, 1.54) is 5.56 Å². The first-order valence-corrected chi connectivity index (χ1v) is 10.4. The zero-order chi connectivity index (χ0) is 21.3. The van der Waals surface area contributed by atoms with Crippen LogP contribution in [0.1, 0.15) is 35.4 Å². The van der Waals surface area contributed by atoms with Crippen LogP contribution >= 0.6 is 12.2 Å². The summed E-state index contributed by atoms with van der Waals surface area (Å²) < 4.78 is 5.49. The summed E-state index contributed by atoms with van der Waals surface area (Å²) in [6.45, 7) is 5.28. The van der Waals surface area contributed by atoms with Crippen LogP contribution in [0.3, 0.4) is 0 Å². The maximum Gasteiger partial charge on any atom is 0.239 e. The maximum absolute atomic E-state index is 12.4. The second kappa shape index (κ2) is 10.6. The first-order valence-electron chi connectivity index (χ1n) is 9.96. The molecule has 0 aliphatic rings. The fourth-order valence-electron chi connectivity index (χ4n) is 3.09. The Morgan fingerprint density at radius 2 is 1.77 bits per heavy atom. The fraction of sp³-hybridized carbons (Fsp3) is 0.250. The van der Waals surface area contributed by atoms with Crippen LogP contribution in [-0.4, -0.2) is 22.5 Å². The summed E-state index contributed by atoms with van der Waals surface area (Å²) >= 11 is 5.59. The molecule has 6 heteroatoms. The summed E-state index contributed by atoms with van der Waals surface area (Å²) in [5, 5.41) is 6.59. The number of carbonyl (C=O) groups excluding carboxylic acids is 1. The van der Waals surface area contributed by atoms with Crippen molar-refractivity contribution in [2.24, 2.45) is 0 Å². The highest BCUT2D eigenvalue weighted by molar-refractivity contribution is 7.80. The lowest BCUT2D eigenvalue weighted by Crippen LogP contribution is -2.44. The van der Waals surface area contributed by atoms with E-state index in [-0.39, 0.29) is 18.5 Å². The van der Waals surface area contributed by atoms with E-state index in [0.717, 1.165) is 16.9 Å². The van der Waals surface area contributed by atoms with Crippen LogP contribution in [0.5, 0.6) is 0 Å². The molecule has 1 aromatic heterocycles. The minimum absolute atomic E-state index is 0.0687. The number of thiocarbonyl (C=S) groups is 1. The van der Waals surface area contributed by atoms with Gasteiger partial charge in [-0.2, -0.15) is 0 Å². The van der Waals surface area contributed by atoms with Crippen LogP contribution in [0.2, 0.25) is 0 Å². The first-order chi connectivity index (χ1) is 14.5. The number of aryl methyl sites for hydroxylation is 1. The van der Waals surface area contributed by atoms with Crippen molar-refractivity contribution in [2.45, 2.75) is 33.0 Å². The summed E-state index contributed by atoms with van der Waals surface area (Å²) in [5.74, 6) is 0.704. The Hall–Kier alpha value is -3.12. The number of amides is 1. The Morgan fingerprint density at radius 3 is 2.43 bits per heavy atom. The predicted octanol–water partition coefficient (Wildman–Crippen LogP) is 4.34. The van der Waals surface area contributed by atoms with Crippen molar-refractivity contribution in [3.63, 3.8) is 0 Å². The van der Waals surface area contributed by atoms with Gasteiger partial charge in [0, 0.05) is 6.54 Å². The lowest BCUT2D eigenvalue weighted by Gasteiger charge is -2.25. The van der Waals surface area contributed by atoms with Gasteiger partial charge in [-0.1, -0.05) is 60.2 Å². The van der Waals surface area contributed by atoms with Gasteiger partial charge in [-0.15, -0.1) is 0 Å². The molecule has 0 aliphatic heterocycles. The molecule has 3 rings (SSSR count). The number of rotatable bonds is 8. The third-order valence-electron chi connectivity index (χ3n) is 4.79. The maximum atomic E-state index is 12.4. The van der Waals surface area contributed by atoms with Crippen LogP contribution in [0, 0.1) is 6.92 Å². The van der Waals surface area contributed by atoms with E-state index >= 15 is 0 Å². The van der Waals surface area contributed by atoms with E-state index in [0.29, 0.717) is 18.2 Å². The van der Waals surface area contributed by atoms with Crippen molar-refractivity contribution < 1.29 is 9.21 Å². The standard InChI is InChI=1S/C24H27N3O2S/c1-18-10-12-20(13-11-18)16-27(17-22-9-6-14-29-22)24(30)25-15-23(28)26-19(2)21-7-4-3-5-8-21/h3-14,19H,15-17H2,1-2H3,(H,25,30)(H,26,28). The molecule has 0 radical (unpaired) electrons. The fourth-order valence-corrected chi connectivity index (χ4v) is 3.29. The Kier molecular flexibility index (Phi) is 7.63. The molecule has 0 spiro atoms. The molecule has 0 fully saturated rings. The second-order valence-corrected chi connectivity index (χ2v) is 7.67. The van der Waals surface area contributed by atoms with Gasteiger partial charge in [0.15, 0.2) is 5.11 Å². The molecule has 1 atom stereocenters. The first kappa shape index (κ1) is 21.6. The quantitative estimate of drug-likeness (QED) is 0.530. The van der Waals surface area contributed by atoms with Crippen LogP contribution in [0.15, 0.2) is 77.4 Å². The average molecular weight is 422 g/mol. The van der Waals surface area contributed by atoms with E-state index in [1.807, 2.05) is 54.3 Å². The monoisotopic (exact) mass is 421 g/mol. The second-order valence-electron chi connectivity index (χ2n) is 7.28. The van der Waals surface area contributed by atoms with Crippen molar-refractivity contribution in [2.75, 3.05) is 6.54 Å². The molecule has 5 nitrogen and oxygen atoms in total. The van der Waals surface area contributed by atoms with Gasteiger partial charge >= 0.3 is 0 Å². The lowest BCUT2D eigenvalue weighted by atomic mass is 10.1. The van der Waals surface area contributed by atoms with Crippen LogP contribution < -0.4 is 10.6 Å². The summed E-state index contributed by atoms with van der Waals surface area (Å²) in [6.07, 6.45) is 1.65. The molecular formula is C24H27N3O2S. The molecule has 1 unspecified atom stereocenters. The van der Waals surface area contributed by atoms with Crippen LogP contribution in [0.4, 0.5) is 0 Å². The molecule has 2 aromatic carbocycles. The Balaban J connectivity index is 1.58. The normalized spacial score (nSPS) is 11.5. The van der Waals surface area contributed by atoms with Crippen molar-refractivity contribution in [1.82, 2.24) is 15.5 Å². The van der Waals surface area contributed by atoms with Crippen molar-refractivity contribution in [3.05, 3.63) is 95.4 Å². The van der Waals surface area contributed by atoms with E-state index in [9.17, 15) is 4.79 Å². The zero-order valence-electron chi connectivity index (χ0n) is 17.3. The minimum atomic E-state index is -0.109. The molecule has 30 heavy (non-hydrogen) atoms. The Bertz CT molecular complexity index is 940. The molecule has 2 N–H and O–H groups in total. The van der Waals surface area contributed by atoms with Gasteiger partial charge in [0.2, 0.25) is 5.91 Å². The third-order valence-corrected chi connectivity index (χ3v) is 5.19. The topological polar surface area (TPSA) is 57.5 Å². The largest absolute Gasteiger partial charge is 0.467 e. The highest BCUT2D eigenvalue weighted by Gasteiger charge is 2.15. The summed E-state index contributed by atoms with van der Waals surface area (Å²) in [7, 11) is 0. The minimum Gasteiger partial charge on any atom is -0.467 e. The highest BCUT2D eigenvalue weighted by atomic mass is 32.1. The van der Waals surface area contributed by atoms with Gasteiger partial charge in [0.1, 0.15) is 5.76 Å². The van der Waals surface area contributed by atoms with E-state index in [2.05, 4.69) is 41.8 Å². The number of nitrogens with one attached hydrogen (secondary N) is 2. The van der Waals surface area contributed by atoms with Gasteiger partial charge in [-0.25, -0.2) is 0 Å². The molecule has 0 saturated carbocycles. The number of carbonyl (C=O) groups is 1. The van der Waals surface area contributed by atoms with Crippen molar-refractivity contribution >= 4 is 23.2 Å². The van der Waals surface area contributed by atoms with Gasteiger partial charge < -0.3 is 20.0 Å². The van der Waals surface area contributed by atoms with Gasteiger partial charge in [0.25, 0.3) is 0 Å². The number of nitrogens with zero attached hydrogens (tertiary/aromatic N) is 1. The lowest BCUT2D eigenvalue weighted by molar-refractivity contribution is -0.120. The average Bonchev–Trinajstić information content (AvgIpc) is 3.27. The smallest absolute Gasteiger partial charge is 0.239 e. The number of benzene rings is 2. The molecule has 1 amide bonds. The summed E-state index contributed by atoms with van der Waals surface area (Å²) in [4.78, 5) is 14.4. The summed E-state index contributed by atoms with van der Waals surface area (Å²) in [5.41, 5.74) is 3.41. The van der Waals surface area contributed by atoms with E-state index < -0.39 is 0 Å². The Morgan fingerprint density at radius 1 is 1.03 bits per heavy atom. The van der Waals surface area contributed by atoms with Crippen molar-refractivity contribution in [1.29, 1.82) is 0 Å². The zero-order valence-corrected chi connectivity index (χ0v) is 18.1. The van der Waals surface area contributed by atoms with Gasteiger partial charge in [-0.3, -0.25) is 4.79 Å². The Labute approximate surface area is 183 Å². The predicted molar refractivity (Wildman–Crippen MR) is 123 cm³/mol. The van der Waals surface area contributed by atoms with Crippen LogP contribution in [0.25, 0.3) is 0 Å². The highest BCUT2D eigenvalue weighted by Crippen LogP contribution is 2.13. The SMILES string of the molecule is Cc1ccc(CN(Cc2ccco2)C(=S)NCC(=O)NC(C)c2ccccc2)cc1. The number of hydrogen-bond donors (Lipinski definition) is 2. The molecular weight excluding hydrogens is 394 g/mol. The van der Waals surface area contributed by atoms with E-state index in [1.54, 1.807) is 6.26 Å².